The van der Waals surface area contributed by atoms with Gasteiger partial charge in [0.1, 0.15) is 4.90 Å². The Balaban J connectivity index is 2.30. The number of rotatable bonds is 5. The first kappa shape index (κ1) is 15.3. The maximum atomic E-state index is 12.3. The molecule has 2 rings (SSSR count). The van der Waals surface area contributed by atoms with Gasteiger partial charge in [-0.1, -0.05) is 19.1 Å². The second-order valence-corrected chi connectivity index (χ2v) is 7.06. The molecule has 1 aliphatic rings. The lowest BCUT2D eigenvalue weighted by atomic mass is 10.0. The van der Waals surface area contributed by atoms with E-state index in [0.717, 1.165) is 25.2 Å². The lowest BCUT2D eigenvalue weighted by molar-refractivity contribution is 0.488. The van der Waals surface area contributed by atoms with Gasteiger partial charge in [-0.2, -0.15) is 0 Å². The monoisotopic (exact) mass is 297 g/mol. The zero-order valence-corrected chi connectivity index (χ0v) is 12.9. The summed E-state index contributed by atoms with van der Waals surface area (Å²) in [6.07, 6.45) is 1.01. The molecule has 0 aliphatic carbocycles. The predicted octanol–water partition coefficient (Wildman–Crippen LogP) is 1.16. The van der Waals surface area contributed by atoms with Gasteiger partial charge in [0.15, 0.2) is 0 Å². The summed E-state index contributed by atoms with van der Waals surface area (Å²) in [5, 5.41) is 0. The van der Waals surface area contributed by atoms with Crippen LogP contribution in [-0.4, -0.2) is 34.1 Å². The molecule has 1 aromatic rings. The summed E-state index contributed by atoms with van der Waals surface area (Å²) in [6, 6.07) is 7.30. The van der Waals surface area contributed by atoms with Crippen molar-refractivity contribution in [3.63, 3.8) is 0 Å². The van der Waals surface area contributed by atoms with Gasteiger partial charge in [-0.25, -0.2) is 13.1 Å². The lowest BCUT2D eigenvalue weighted by Crippen LogP contribution is -2.31. The van der Waals surface area contributed by atoms with Crippen molar-refractivity contribution in [2.45, 2.75) is 31.2 Å². The first-order valence-electron chi connectivity index (χ1n) is 7.05. The van der Waals surface area contributed by atoms with Crippen LogP contribution in [-0.2, 0) is 10.0 Å². The van der Waals surface area contributed by atoms with Crippen molar-refractivity contribution in [2.75, 3.05) is 24.5 Å². The van der Waals surface area contributed by atoms with E-state index in [1.807, 2.05) is 19.1 Å². The largest absolute Gasteiger partial charge is 0.370 e. The zero-order valence-electron chi connectivity index (χ0n) is 12.0. The number of benzene rings is 1. The Kier molecular flexibility index (Phi) is 4.67. The summed E-state index contributed by atoms with van der Waals surface area (Å²) < 4.78 is 27.1. The molecule has 6 heteroatoms. The van der Waals surface area contributed by atoms with Gasteiger partial charge in [-0.05, 0) is 31.4 Å². The summed E-state index contributed by atoms with van der Waals surface area (Å²) in [5.41, 5.74) is 6.73. The van der Waals surface area contributed by atoms with Gasteiger partial charge in [0.05, 0.1) is 5.69 Å². The van der Waals surface area contributed by atoms with Crippen molar-refractivity contribution in [1.29, 1.82) is 0 Å². The highest BCUT2D eigenvalue weighted by atomic mass is 32.2. The summed E-state index contributed by atoms with van der Waals surface area (Å²) in [6.45, 7) is 5.85. The number of hydrogen-bond acceptors (Lipinski definition) is 4. The van der Waals surface area contributed by atoms with Crippen molar-refractivity contribution in [3.05, 3.63) is 24.3 Å². The minimum absolute atomic E-state index is 0.137. The van der Waals surface area contributed by atoms with Gasteiger partial charge in [-0.3, -0.25) is 0 Å². The Labute approximate surface area is 121 Å². The Morgan fingerprint density at radius 2 is 2.15 bits per heavy atom. The van der Waals surface area contributed by atoms with Gasteiger partial charge in [-0.15, -0.1) is 0 Å². The number of sulfonamides is 1. The van der Waals surface area contributed by atoms with Crippen molar-refractivity contribution >= 4 is 15.7 Å². The first-order valence-corrected chi connectivity index (χ1v) is 8.53. The molecule has 3 N–H and O–H groups in total. The summed E-state index contributed by atoms with van der Waals surface area (Å²) >= 11 is 0. The molecule has 112 valence electrons. The molecular weight excluding hydrogens is 274 g/mol. The van der Waals surface area contributed by atoms with E-state index < -0.39 is 10.0 Å². The molecule has 1 fully saturated rings. The average molecular weight is 297 g/mol. The van der Waals surface area contributed by atoms with Crippen LogP contribution in [0.25, 0.3) is 0 Å². The van der Waals surface area contributed by atoms with Crippen LogP contribution >= 0.6 is 0 Å². The highest BCUT2D eigenvalue weighted by Gasteiger charge is 2.28. The van der Waals surface area contributed by atoms with Crippen molar-refractivity contribution < 1.29 is 8.42 Å². The normalized spacial score (nSPS) is 21.1. The van der Waals surface area contributed by atoms with E-state index in [2.05, 4.69) is 9.62 Å². The Bertz CT molecular complexity index is 557. The molecule has 0 spiro atoms. The van der Waals surface area contributed by atoms with Crippen LogP contribution in [0.4, 0.5) is 5.69 Å². The number of anilines is 1. The summed E-state index contributed by atoms with van der Waals surface area (Å²) in [4.78, 5) is 2.48. The van der Waals surface area contributed by atoms with Crippen molar-refractivity contribution in [1.82, 2.24) is 4.72 Å². The first-order chi connectivity index (χ1) is 9.45. The predicted molar refractivity (Wildman–Crippen MR) is 81.3 cm³/mol. The number of nitrogens with two attached hydrogens (primary N) is 1. The molecule has 0 radical (unpaired) electrons. The molecule has 0 bridgehead atoms. The van der Waals surface area contributed by atoms with Crippen LogP contribution in [0.1, 0.15) is 20.3 Å². The van der Waals surface area contributed by atoms with Crippen LogP contribution in [0.5, 0.6) is 0 Å². The zero-order chi connectivity index (χ0) is 14.8. The maximum absolute atomic E-state index is 12.3. The molecule has 0 amide bonds. The molecule has 5 nitrogen and oxygen atoms in total. The smallest absolute Gasteiger partial charge is 0.242 e. The summed E-state index contributed by atoms with van der Waals surface area (Å²) in [5.74, 6) is 0.421. The van der Waals surface area contributed by atoms with Crippen LogP contribution in [0.3, 0.4) is 0 Å². The van der Waals surface area contributed by atoms with E-state index in [0.29, 0.717) is 17.4 Å². The number of nitrogens with zero attached hydrogens (tertiary/aromatic N) is 1. The fourth-order valence-corrected chi connectivity index (χ4v) is 3.91. The minimum atomic E-state index is -3.44. The molecule has 1 heterocycles. The molecule has 1 aromatic carbocycles. The SMILES string of the molecule is CCNS(=O)(=O)c1ccccc1N1CCC(C(C)N)C1. The number of nitrogens with one attached hydrogen (secondary N) is 1. The van der Waals surface area contributed by atoms with Crippen molar-refractivity contribution in [2.24, 2.45) is 11.7 Å². The molecule has 1 aliphatic heterocycles. The Hall–Kier alpha value is -1.11. The Morgan fingerprint density at radius 3 is 2.75 bits per heavy atom. The average Bonchev–Trinajstić information content (AvgIpc) is 2.88. The lowest BCUT2D eigenvalue weighted by Gasteiger charge is -2.22. The maximum Gasteiger partial charge on any atom is 0.242 e. The second kappa shape index (κ2) is 6.11. The van der Waals surface area contributed by atoms with Gasteiger partial charge in [0.2, 0.25) is 10.0 Å². The van der Waals surface area contributed by atoms with E-state index in [1.165, 1.54) is 0 Å². The van der Waals surface area contributed by atoms with Crippen molar-refractivity contribution in [3.8, 4) is 0 Å². The minimum Gasteiger partial charge on any atom is -0.370 e. The molecule has 0 saturated carbocycles. The molecule has 2 unspecified atom stereocenters. The van der Waals surface area contributed by atoms with Gasteiger partial charge >= 0.3 is 0 Å². The third-order valence-corrected chi connectivity index (χ3v) is 5.39. The molecular formula is C14H23N3O2S. The highest BCUT2D eigenvalue weighted by Crippen LogP contribution is 2.30. The Morgan fingerprint density at radius 1 is 1.45 bits per heavy atom. The fourth-order valence-electron chi connectivity index (χ4n) is 2.65. The van der Waals surface area contributed by atoms with Crippen LogP contribution in [0, 0.1) is 5.92 Å². The van der Waals surface area contributed by atoms with E-state index in [-0.39, 0.29) is 6.04 Å². The molecule has 1 saturated heterocycles. The van der Waals surface area contributed by atoms with E-state index in [9.17, 15) is 8.42 Å². The third kappa shape index (κ3) is 3.13. The topological polar surface area (TPSA) is 75.4 Å². The highest BCUT2D eigenvalue weighted by molar-refractivity contribution is 7.89. The summed E-state index contributed by atoms with van der Waals surface area (Å²) in [7, 11) is -3.44. The van der Waals surface area contributed by atoms with Gasteiger partial charge < -0.3 is 10.6 Å². The van der Waals surface area contributed by atoms with Gasteiger partial charge in [0.25, 0.3) is 0 Å². The number of para-hydroxylation sites is 1. The van der Waals surface area contributed by atoms with E-state index in [4.69, 9.17) is 5.73 Å². The molecule has 0 aromatic heterocycles. The van der Waals surface area contributed by atoms with Crippen LogP contribution < -0.4 is 15.4 Å². The number of hydrogen-bond donors (Lipinski definition) is 2. The fraction of sp³-hybridized carbons (Fsp3) is 0.571. The third-order valence-electron chi connectivity index (χ3n) is 3.80. The van der Waals surface area contributed by atoms with E-state index in [1.54, 1.807) is 19.1 Å². The van der Waals surface area contributed by atoms with Gasteiger partial charge in [0, 0.05) is 25.7 Å². The molecule has 2 atom stereocenters. The standard InChI is InChI=1S/C14H23N3O2S/c1-3-16-20(18,19)14-7-5-4-6-13(14)17-9-8-12(10-17)11(2)15/h4-7,11-12,16H,3,8-10,15H2,1-2H3. The quantitative estimate of drug-likeness (QED) is 0.855. The van der Waals surface area contributed by atoms with Crippen LogP contribution in [0.15, 0.2) is 29.2 Å². The van der Waals surface area contributed by atoms with E-state index >= 15 is 0 Å². The van der Waals surface area contributed by atoms with Crippen LogP contribution in [0.2, 0.25) is 0 Å². The second-order valence-electron chi connectivity index (χ2n) is 5.32. The molecule has 20 heavy (non-hydrogen) atoms.